The van der Waals surface area contributed by atoms with Gasteiger partial charge >= 0.3 is 0 Å². The maximum absolute atomic E-state index is 10.9. The summed E-state index contributed by atoms with van der Waals surface area (Å²) in [5, 5.41) is 2.28. The van der Waals surface area contributed by atoms with E-state index in [-0.39, 0.29) is 5.92 Å². The highest BCUT2D eigenvalue weighted by Crippen LogP contribution is 2.24. The summed E-state index contributed by atoms with van der Waals surface area (Å²) in [6.07, 6.45) is 2.60. The molecule has 1 nitrogen and oxygen atoms in total. The van der Waals surface area contributed by atoms with Crippen molar-refractivity contribution in [2.24, 2.45) is 0 Å². The molecule has 0 bridgehead atoms. The molecule has 0 aliphatic heterocycles. The molecule has 0 aliphatic rings. The molecule has 15 heavy (non-hydrogen) atoms. The van der Waals surface area contributed by atoms with E-state index in [0.29, 0.717) is 0 Å². The lowest BCUT2D eigenvalue weighted by Gasteiger charge is -2.09. The minimum Gasteiger partial charge on any atom is -0.302 e. The highest BCUT2D eigenvalue weighted by Gasteiger charge is 2.08. The van der Waals surface area contributed by atoms with E-state index in [2.05, 4.69) is 6.58 Å². The van der Waals surface area contributed by atoms with Gasteiger partial charge in [0.15, 0.2) is 0 Å². The zero-order chi connectivity index (χ0) is 10.7. The van der Waals surface area contributed by atoms with Gasteiger partial charge in [-0.1, -0.05) is 48.5 Å². The second-order valence-corrected chi connectivity index (χ2v) is 3.47. The van der Waals surface area contributed by atoms with E-state index >= 15 is 0 Å². The molecule has 0 saturated carbocycles. The van der Waals surface area contributed by atoms with E-state index in [1.165, 1.54) is 0 Å². The van der Waals surface area contributed by atoms with Crippen LogP contribution in [-0.2, 0) is 4.79 Å². The Labute approximate surface area is 89.0 Å². The third-order valence-corrected chi connectivity index (χ3v) is 2.58. The van der Waals surface area contributed by atoms with E-state index < -0.39 is 0 Å². The quantitative estimate of drug-likeness (QED) is 0.543. The Morgan fingerprint density at radius 2 is 1.80 bits per heavy atom. The Morgan fingerprint density at radius 1 is 1.07 bits per heavy atom. The standard InChI is InChI=1S/C14H12O/c1-2-11(10-15)13-9-5-7-12-6-3-4-8-14(12)13/h2-11H,1H2. The number of hydrogen-bond acceptors (Lipinski definition) is 1. The van der Waals surface area contributed by atoms with Crippen molar-refractivity contribution < 1.29 is 4.79 Å². The monoisotopic (exact) mass is 196 g/mol. The molecule has 74 valence electrons. The first-order valence-electron chi connectivity index (χ1n) is 4.92. The van der Waals surface area contributed by atoms with Gasteiger partial charge in [-0.25, -0.2) is 0 Å². The van der Waals surface area contributed by atoms with Crippen molar-refractivity contribution in [3.05, 3.63) is 60.7 Å². The van der Waals surface area contributed by atoms with Gasteiger partial charge in [-0.2, -0.15) is 0 Å². The van der Waals surface area contributed by atoms with Crippen LogP contribution in [0.5, 0.6) is 0 Å². The molecular weight excluding hydrogens is 184 g/mol. The molecule has 2 rings (SSSR count). The molecule has 0 radical (unpaired) electrons. The molecule has 0 spiro atoms. The highest BCUT2D eigenvalue weighted by atomic mass is 16.1. The minimum atomic E-state index is -0.212. The van der Waals surface area contributed by atoms with Crippen molar-refractivity contribution in [2.45, 2.75) is 5.92 Å². The maximum Gasteiger partial charge on any atom is 0.131 e. The van der Waals surface area contributed by atoms with Crippen molar-refractivity contribution in [3.63, 3.8) is 0 Å². The fraction of sp³-hybridized carbons (Fsp3) is 0.0714. The fourth-order valence-corrected chi connectivity index (χ4v) is 1.80. The first-order chi connectivity index (χ1) is 7.36. The molecule has 0 fully saturated rings. The highest BCUT2D eigenvalue weighted by molar-refractivity contribution is 5.89. The van der Waals surface area contributed by atoms with E-state index in [0.717, 1.165) is 22.6 Å². The maximum atomic E-state index is 10.9. The predicted molar refractivity (Wildman–Crippen MR) is 63.0 cm³/mol. The summed E-state index contributed by atoms with van der Waals surface area (Å²) >= 11 is 0. The smallest absolute Gasteiger partial charge is 0.131 e. The molecule has 1 atom stereocenters. The second-order valence-electron chi connectivity index (χ2n) is 3.47. The van der Waals surface area contributed by atoms with E-state index in [9.17, 15) is 4.79 Å². The summed E-state index contributed by atoms with van der Waals surface area (Å²) in [7, 11) is 0. The van der Waals surface area contributed by atoms with Crippen LogP contribution in [0.25, 0.3) is 10.8 Å². The van der Waals surface area contributed by atoms with Gasteiger partial charge in [0, 0.05) is 0 Å². The van der Waals surface area contributed by atoms with Crippen LogP contribution in [0.2, 0.25) is 0 Å². The summed E-state index contributed by atoms with van der Waals surface area (Å²) in [6, 6.07) is 14.0. The van der Waals surface area contributed by atoms with Crippen LogP contribution in [0.1, 0.15) is 11.5 Å². The molecular formula is C14H12O. The minimum absolute atomic E-state index is 0.212. The molecule has 0 saturated heterocycles. The Hall–Kier alpha value is -1.89. The van der Waals surface area contributed by atoms with E-state index in [1.807, 2.05) is 42.5 Å². The summed E-state index contributed by atoms with van der Waals surface area (Å²) < 4.78 is 0. The number of carbonyl (C=O) groups is 1. The lowest BCUT2D eigenvalue weighted by molar-refractivity contribution is -0.108. The van der Waals surface area contributed by atoms with Crippen molar-refractivity contribution in [2.75, 3.05) is 0 Å². The van der Waals surface area contributed by atoms with Gasteiger partial charge in [-0.05, 0) is 16.3 Å². The van der Waals surface area contributed by atoms with Gasteiger partial charge in [0.2, 0.25) is 0 Å². The summed E-state index contributed by atoms with van der Waals surface area (Å²) in [6.45, 7) is 3.68. The zero-order valence-electron chi connectivity index (χ0n) is 8.39. The molecule has 2 aromatic carbocycles. The number of benzene rings is 2. The summed E-state index contributed by atoms with van der Waals surface area (Å²) in [5.74, 6) is -0.212. The molecule has 0 aromatic heterocycles. The fourth-order valence-electron chi connectivity index (χ4n) is 1.80. The molecule has 0 aliphatic carbocycles. The normalized spacial score (nSPS) is 12.3. The van der Waals surface area contributed by atoms with Crippen molar-refractivity contribution in [3.8, 4) is 0 Å². The molecule has 1 unspecified atom stereocenters. The molecule has 0 amide bonds. The van der Waals surface area contributed by atoms with Crippen LogP contribution >= 0.6 is 0 Å². The van der Waals surface area contributed by atoms with Crippen LogP contribution in [0.15, 0.2) is 55.1 Å². The van der Waals surface area contributed by atoms with Gasteiger partial charge in [-0.3, -0.25) is 0 Å². The van der Waals surface area contributed by atoms with Crippen molar-refractivity contribution >= 4 is 17.1 Å². The van der Waals surface area contributed by atoms with Crippen LogP contribution in [-0.4, -0.2) is 6.29 Å². The van der Waals surface area contributed by atoms with Gasteiger partial charge in [0.1, 0.15) is 6.29 Å². The third-order valence-electron chi connectivity index (χ3n) is 2.58. The summed E-state index contributed by atoms with van der Waals surface area (Å²) in [5.41, 5.74) is 1.03. The van der Waals surface area contributed by atoms with Gasteiger partial charge in [-0.15, -0.1) is 6.58 Å². The van der Waals surface area contributed by atoms with Crippen LogP contribution in [0.3, 0.4) is 0 Å². The first kappa shape index (κ1) is 9.66. The average Bonchev–Trinajstić information content (AvgIpc) is 2.31. The largest absolute Gasteiger partial charge is 0.302 e. The SMILES string of the molecule is C=CC(C=O)c1cccc2ccccc12. The second kappa shape index (κ2) is 4.09. The summed E-state index contributed by atoms with van der Waals surface area (Å²) in [4.78, 5) is 10.9. The Bertz CT molecular complexity index is 486. The van der Waals surface area contributed by atoms with E-state index in [4.69, 9.17) is 0 Å². The Morgan fingerprint density at radius 3 is 2.53 bits per heavy atom. The number of hydrogen-bond donors (Lipinski definition) is 0. The number of allylic oxidation sites excluding steroid dienone is 1. The number of fused-ring (bicyclic) bond motifs is 1. The predicted octanol–water partition coefficient (Wildman–Crippen LogP) is 3.31. The average molecular weight is 196 g/mol. The van der Waals surface area contributed by atoms with E-state index in [1.54, 1.807) is 6.08 Å². The van der Waals surface area contributed by atoms with Gasteiger partial charge < -0.3 is 4.79 Å². The van der Waals surface area contributed by atoms with Gasteiger partial charge in [0.05, 0.1) is 5.92 Å². The molecule has 0 N–H and O–H groups in total. The van der Waals surface area contributed by atoms with Crippen molar-refractivity contribution in [1.29, 1.82) is 0 Å². The van der Waals surface area contributed by atoms with Crippen LogP contribution in [0, 0.1) is 0 Å². The molecule has 2 aromatic rings. The number of carbonyl (C=O) groups excluding carboxylic acids is 1. The van der Waals surface area contributed by atoms with Crippen LogP contribution in [0.4, 0.5) is 0 Å². The zero-order valence-corrected chi connectivity index (χ0v) is 8.39. The topological polar surface area (TPSA) is 17.1 Å². The lowest BCUT2D eigenvalue weighted by Crippen LogP contribution is -1.96. The number of aldehydes is 1. The first-order valence-corrected chi connectivity index (χ1v) is 4.92. The lowest BCUT2D eigenvalue weighted by atomic mass is 9.95. The Balaban J connectivity index is 2.69. The Kier molecular flexibility index (Phi) is 2.64. The van der Waals surface area contributed by atoms with Crippen LogP contribution < -0.4 is 0 Å². The number of rotatable bonds is 3. The van der Waals surface area contributed by atoms with Crippen molar-refractivity contribution in [1.82, 2.24) is 0 Å². The molecule has 0 heterocycles. The molecule has 1 heteroatoms. The third kappa shape index (κ3) is 1.68. The van der Waals surface area contributed by atoms with Gasteiger partial charge in [0.25, 0.3) is 0 Å².